The molecule has 1 aromatic carbocycles. The normalized spacial score (nSPS) is 21.6. The molecule has 0 amide bonds. The van der Waals surface area contributed by atoms with Gasteiger partial charge in [-0.25, -0.2) is 9.78 Å². The largest absolute Gasteiger partial charge is 0.512 e. The summed E-state index contributed by atoms with van der Waals surface area (Å²) >= 11 is 8.10. The summed E-state index contributed by atoms with van der Waals surface area (Å²) in [5.74, 6) is 1.87. The van der Waals surface area contributed by atoms with E-state index in [-0.39, 0.29) is 36.2 Å². The van der Waals surface area contributed by atoms with Crippen LogP contribution in [-0.4, -0.2) is 43.9 Å². The number of hydrogen-bond donors (Lipinski definition) is 2. The molecule has 0 saturated heterocycles. The standard InChI is InChI=1S/C25H29ClN2O7S/c26-18-11-20-19(33-13-34-20)10-16(18)12-28-22(15-3-1-2-4-15)27-23(24(28)35-25(31)32)36-17-7-5-14(6-8-17)9-21(29)30/h10-11,14-15,17H,1-9,12-13H2,(H,29,30)(H,31,32)/t14-,17-. The van der Waals surface area contributed by atoms with Crippen LogP contribution in [0.4, 0.5) is 4.79 Å². The Hall–Kier alpha value is -2.59. The Kier molecular flexibility index (Phi) is 7.52. The fraction of sp³-hybridized carbons (Fsp3) is 0.560. The molecule has 11 heteroatoms. The van der Waals surface area contributed by atoms with Crippen LogP contribution in [0, 0.1) is 5.92 Å². The van der Waals surface area contributed by atoms with Crippen LogP contribution >= 0.6 is 23.4 Å². The molecule has 2 saturated carbocycles. The Bertz CT molecular complexity index is 1140. The molecule has 2 heterocycles. The fourth-order valence-electron chi connectivity index (χ4n) is 5.45. The molecule has 9 nitrogen and oxygen atoms in total. The average molecular weight is 537 g/mol. The lowest BCUT2D eigenvalue weighted by molar-refractivity contribution is -0.138. The molecule has 2 N–H and O–H groups in total. The fourth-order valence-corrected chi connectivity index (χ4v) is 6.88. The number of nitrogens with zero attached hydrogens (tertiary/aromatic N) is 2. The van der Waals surface area contributed by atoms with E-state index in [1.54, 1.807) is 6.07 Å². The van der Waals surface area contributed by atoms with Gasteiger partial charge < -0.3 is 24.4 Å². The summed E-state index contributed by atoms with van der Waals surface area (Å²) in [5, 5.41) is 20.0. The van der Waals surface area contributed by atoms with Crippen molar-refractivity contribution in [1.82, 2.24) is 9.55 Å². The number of carboxylic acid groups (broad SMARTS) is 2. The van der Waals surface area contributed by atoms with E-state index < -0.39 is 12.1 Å². The van der Waals surface area contributed by atoms with Crippen molar-refractivity contribution in [2.24, 2.45) is 5.92 Å². The second kappa shape index (κ2) is 10.8. The third-order valence-electron chi connectivity index (χ3n) is 7.23. The van der Waals surface area contributed by atoms with Gasteiger partial charge in [-0.15, -0.1) is 0 Å². The van der Waals surface area contributed by atoms with Crippen LogP contribution in [0.5, 0.6) is 17.4 Å². The maximum absolute atomic E-state index is 11.7. The maximum Gasteiger partial charge on any atom is 0.512 e. The van der Waals surface area contributed by atoms with Gasteiger partial charge in [0, 0.05) is 28.7 Å². The molecule has 0 bridgehead atoms. The molecule has 2 fully saturated rings. The molecule has 194 valence electrons. The minimum absolute atomic E-state index is 0.135. The van der Waals surface area contributed by atoms with E-state index in [1.807, 2.05) is 10.6 Å². The predicted octanol–water partition coefficient (Wildman–Crippen LogP) is 6.15. The molecule has 2 aliphatic carbocycles. The molecule has 36 heavy (non-hydrogen) atoms. The summed E-state index contributed by atoms with van der Waals surface area (Å²) in [6.45, 7) is 0.430. The topological polar surface area (TPSA) is 120 Å². The second-order valence-corrected chi connectivity index (χ2v) is 11.4. The number of fused-ring (bicyclic) bond motifs is 1. The van der Waals surface area contributed by atoms with Crippen molar-refractivity contribution in [2.45, 2.75) is 80.5 Å². The van der Waals surface area contributed by atoms with Gasteiger partial charge in [-0.2, -0.15) is 0 Å². The SMILES string of the molecule is O=C(O)C[C@H]1CC[C@H](Sc2nc(C3CCCC3)n(Cc3cc4c(cc3Cl)OCO4)c2OC(=O)O)CC1. The molecule has 2 aromatic rings. The number of aromatic nitrogens is 2. The highest BCUT2D eigenvalue weighted by molar-refractivity contribution is 8.00. The number of hydrogen-bond acceptors (Lipinski definition) is 7. The van der Waals surface area contributed by atoms with Gasteiger partial charge >= 0.3 is 12.1 Å². The van der Waals surface area contributed by atoms with Crippen LogP contribution in [-0.2, 0) is 11.3 Å². The van der Waals surface area contributed by atoms with Crippen molar-refractivity contribution in [3.63, 3.8) is 0 Å². The first-order chi connectivity index (χ1) is 17.4. The summed E-state index contributed by atoms with van der Waals surface area (Å²) in [4.78, 5) is 27.7. The Morgan fingerprint density at radius 3 is 2.44 bits per heavy atom. The quantitative estimate of drug-likeness (QED) is 0.382. The molecule has 0 atom stereocenters. The highest BCUT2D eigenvalue weighted by Gasteiger charge is 2.32. The summed E-state index contributed by atoms with van der Waals surface area (Å²) in [6, 6.07) is 3.54. The van der Waals surface area contributed by atoms with Crippen molar-refractivity contribution in [3.8, 4) is 17.4 Å². The van der Waals surface area contributed by atoms with Crippen LogP contribution in [0.25, 0.3) is 0 Å². The zero-order valence-electron chi connectivity index (χ0n) is 19.8. The molecule has 3 aliphatic rings. The zero-order chi connectivity index (χ0) is 25.2. The van der Waals surface area contributed by atoms with Gasteiger partial charge in [-0.1, -0.05) is 36.2 Å². The van der Waals surface area contributed by atoms with E-state index in [0.717, 1.165) is 62.8 Å². The molecule has 5 rings (SSSR count). The highest BCUT2D eigenvalue weighted by atomic mass is 35.5. The molecular formula is C25H29ClN2O7S. The first kappa shape index (κ1) is 25.1. The van der Waals surface area contributed by atoms with Crippen LogP contribution in [0.15, 0.2) is 17.2 Å². The summed E-state index contributed by atoms with van der Waals surface area (Å²) in [7, 11) is 0. The Morgan fingerprint density at radius 2 is 1.78 bits per heavy atom. The van der Waals surface area contributed by atoms with E-state index in [4.69, 9.17) is 35.9 Å². The maximum atomic E-state index is 11.7. The average Bonchev–Trinajstić information content (AvgIpc) is 3.57. The number of carbonyl (C=O) groups is 2. The number of carboxylic acids is 1. The van der Waals surface area contributed by atoms with E-state index in [0.29, 0.717) is 28.1 Å². The third kappa shape index (κ3) is 5.54. The van der Waals surface area contributed by atoms with Crippen molar-refractivity contribution in [3.05, 3.63) is 28.5 Å². The number of benzene rings is 1. The number of ether oxygens (including phenoxy) is 3. The van der Waals surface area contributed by atoms with Gasteiger partial charge in [0.15, 0.2) is 16.5 Å². The minimum atomic E-state index is -1.39. The second-order valence-electron chi connectivity index (χ2n) is 9.67. The molecule has 0 radical (unpaired) electrons. The summed E-state index contributed by atoms with van der Waals surface area (Å²) in [5.41, 5.74) is 0.763. The number of halogens is 1. The number of imidazole rings is 1. The molecule has 1 aliphatic heterocycles. The van der Waals surface area contributed by atoms with Gasteiger partial charge in [-0.05, 0) is 56.1 Å². The van der Waals surface area contributed by atoms with Gasteiger partial charge in [-0.3, -0.25) is 9.36 Å². The molecule has 1 aromatic heterocycles. The summed E-state index contributed by atoms with van der Waals surface area (Å²) in [6.07, 6.45) is 6.37. The summed E-state index contributed by atoms with van der Waals surface area (Å²) < 4.78 is 18.2. The van der Waals surface area contributed by atoms with Crippen molar-refractivity contribution in [2.75, 3.05) is 6.79 Å². The van der Waals surface area contributed by atoms with E-state index in [9.17, 15) is 14.7 Å². The van der Waals surface area contributed by atoms with E-state index >= 15 is 0 Å². The zero-order valence-corrected chi connectivity index (χ0v) is 21.4. The van der Waals surface area contributed by atoms with E-state index in [1.165, 1.54) is 11.8 Å². The lowest BCUT2D eigenvalue weighted by Crippen LogP contribution is -2.19. The van der Waals surface area contributed by atoms with Crippen LogP contribution < -0.4 is 14.2 Å². The molecule has 0 spiro atoms. The van der Waals surface area contributed by atoms with Crippen molar-refractivity contribution in [1.29, 1.82) is 0 Å². The number of rotatable bonds is 8. The van der Waals surface area contributed by atoms with Gasteiger partial charge in [0.25, 0.3) is 0 Å². The van der Waals surface area contributed by atoms with Crippen LogP contribution in [0.3, 0.4) is 0 Å². The highest BCUT2D eigenvalue weighted by Crippen LogP contribution is 2.45. The van der Waals surface area contributed by atoms with Crippen LogP contribution in [0.2, 0.25) is 5.02 Å². The predicted molar refractivity (Wildman–Crippen MR) is 133 cm³/mol. The van der Waals surface area contributed by atoms with Gasteiger partial charge in [0.05, 0.1) is 6.54 Å². The number of thioether (sulfide) groups is 1. The lowest BCUT2D eigenvalue weighted by Gasteiger charge is -2.26. The Balaban J connectivity index is 1.45. The first-order valence-corrected chi connectivity index (χ1v) is 13.6. The minimum Gasteiger partial charge on any atom is -0.481 e. The lowest BCUT2D eigenvalue weighted by atomic mass is 9.87. The van der Waals surface area contributed by atoms with Gasteiger partial charge in [0.1, 0.15) is 5.82 Å². The molecule has 0 unspecified atom stereocenters. The van der Waals surface area contributed by atoms with Gasteiger partial charge in [0.2, 0.25) is 12.7 Å². The van der Waals surface area contributed by atoms with Crippen molar-refractivity contribution >= 4 is 35.5 Å². The van der Waals surface area contributed by atoms with Crippen LogP contribution in [0.1, 0.15) is 75.1 Å². The smallest absolute Gasteiger partial charge is 0.481 e. The molecular weight excluding hydrogens is 508 g/mol. The first-order valence-electron chi connectivity index (χ1n) is 12.3. The van der Waals surface area contributed by atoms with E-state index in [2.05, 4.69) is 0 Å². The number of aliphatic carboxylic acids is 1. The van der Waals surface area contributed by atoms with Crippen molar-refractivity contribution < 1.29 is 34.0 Å². The Morgan fingerprint density at radius 1 is 1.08 bits per heavy atom. The monoisotopic (exact) mass is 536 g/mol. The Labute approximate surface area is 218 Å². The third-order valence-corrected chi connectivity index (χ3v) is 8.88.